The second-order valence-corrected chi connectivity index (χ2v) is 11.6. The van der Waals surface area contributed by atoms with Gasteiger partial charge in [-0.05, 0) is 48.9 Å². The number of rotatable bonds is 11. The van der Waals surface area contributed by atoms with Crippen molar-refractivity contribution in [2.75, 3.05) is 31.3 Å². The van der Waals surface area contributed by atoms with Crippen molar-refractivity contribution >= 4 is 33.4 Å². The first-order valence-corrected chi connectivity index (χ1v) is 15.0. The van der Waals surface area contributed by atoms with Gasteiger partial charge < -0.3 is 10.1 Å². The van der Waals surface area contributed by atoms with Gasteiger partial charge >= 0.3 is 0 Å². The number of aromatic nitrogens is 3. The summed E-state index contributed by atoms with van der Waals surface area (Å²) in [5, 5.41) is 11.8. The lowest BCUT2D eigenvalue weighted by molar-refractivity contribution is -0.113. The van der Waals surface area contributed by atoms with Crippen LogP contribution in [-0.2, 0) is 14.8 Å². The van der Waals surface area contributed by atoms with E-state index in [0.29, 0.717) is 52.3 Å². The van der Waals surface area contributed by atoms with E-state index < -0.39 is 15.8 Å². The molecule has 40 heavy (non-hydrogen) atoms. The van der Waals surface area contributed by atoms with Crippen molar-refractivity contribution in [1.82, 2.24) is 19.1 Å². The quantitative estimate of drug-likeness (QED) is 0.243. The molecule has 0 atom stereocenters. The van der Waals surface area contributed by atoms with Gasteiger partial charge in [-0.15, -0.1) is 10.2 Å². The third-order valence-corrected chi connectivity index (χ3v) is 9.14. The summed E-state index contributed by atoms with van der Waals surface area (Å²) in [4.78, 5) is 12.8. The van der Waals surface area contributed by atoms with Crippen LogP contribution in [-0.4, -0.2) is 59.3 Å². The number of ether oxygens (including phenoxy) is 1. The molecule has 1 N–H and O–H groups in total. The number of hydrogen-bond donors (Lipinski definition) is 1. The molecule has 210 valence electrons. The molecule has 0 aliphatic heterocycles. The van der Waals surface area contributed by atoms with E-state index in [9.17, 15) is 17.6 Å². The molecule has 0 fully saturated rings. The molecule has 0 spiro atoms. The average molecular weight is 584 g/mol. The Morgan fingerprint density at radius 3 is 2.50 bits per heavy atom. The maximum atomic E-state index is 13.9. The molecule has 0 unspecified atom stereocenters. The zero-order chi connectivity index (χ0) is 28.9. The fourth-order valence-corrected chi connectivity index (χ4v) is 6.30. The summed E-state index contributed by atoms with van der Waals surface area (Å²) >= 11 is 1.14. The number of sulfonamides is 1. The largest absolute Gasteiger partial charge is 0.497 e. The standard InChI is InChI=1S/C28H30FN5O4S2/c1-5-33(6-2)40(36,37)24-12-7-9-20(15-24)27-31-32-28(34(27)22-10-8-11-23(17-22)38-4)39-18-26(35)30-21-14-13-19(3)25(29)16-21/h7-17H,5-6,18H2,1-4H3,(H,30,35). The lowest BCUT2D eigenvalue weighted by Crippen LogP contribution is -2.30. The van der Waals surface area contributed by atoms with Crippen LogP contribution in [0.4, 0.5) is 10.1 Å². The number of carbonyl (C=O) groups excluding carboxylic acids is 1. The highest BCUT2D eigenvalue weighted by Gasteiger charge is 2.24. The summed E-state index contributed by atoms with van der Waals surface area (Å²) in [6, 6.07) is 18.3. The number of hydrogen-bond acceptors (Lipinski definition) is 7. The van der Waals surface area contributed by atoms with Crippen molar-refractivity contribution in [2.45, 2.75) is 30.8 Å². The van der Waals surface area contributed by atoms with Crippen LogP contribution in [0.5, 0.6) is 5.75 Å². The maximum absolute atomic E-state index is 13.9. The second kappa shape index (κ2) is 12.6. The number of nitrogens with zero attached hydrogens (tertiary/aromatic N) is 4. The minimum atomic E-state index is -3.70. The lowest BCUT2D eigenvalue weighted by Gasteiger charge is -2.19. The number of thioether (sulfide) groups is 1. The van der Waals surface area contributed by atoms with Gasteiger partial charge in [0.2, 0.25) is 15.9 Å². The first-order valence-electron chi connectivity index (χ1n) is 12.6. The fraction of sp³-hybridized carbons (Fsp3) is 0.250. The molecule has 0 aliphatic carbocycles. The highest BCUT2D eigenvalue weighted by molar-refractivity contribution is 7.99. The molecule has 0 bridgehead atoms. The van der Waals surface area contributed by atoms with Gasteiger partial charge in [-0.1, -0.05) is 49.9 Å². The highest BCUT2D eigenvalue weighted by atomic mass is 32.2. The van der Waals surface area contributed by atoms with Gasteiger partial charge in [0.25, 0.3) is 0 Å². The highest BCUT2D eigenvalue weighted by Crippen LogP contribution is 2.31. The van der Waals surface area contributed by atoms with Crippen molar-refractivity contribution in [3.63, 3.8) is 0 Å². The zero-order valence-corrected chi connectivity index (χ0v) is 24.2. The van der Waals surface area contributed by atoms with Crippen LogP contribution >= 0.6 is 11.8 Å². The number of methoxy groups -OCH3 is 1. The zero-order valence-electron chi connectivity index (χ0n) is 22.6. The molecule has 1 heterocycles. The van der Waals surface area contributed by atoms with Gasteiger partial charge in [-0.25, -0.2) is 12.8 Å². The Morgan fingerprint density at radius 2 is 1.80 bits per heavy atom. The van der Waals surface area contributed by atoms with E-state index in [1.807, 2.05) is 12.1 Å². The van der Waals surface area contributed by atoms with Gasteiger partial charge in [-0.2, -0.15) is 4.31 Å². The van der Waals surface area contributed by atoms with Crippen LogP contribution in [0, 0.1) is 12.7 Å². The molecule has 0 radical (unpaired) electrons. The molecule has 1 amide bonds. The Morgan fingerprint density at radius 1 is 1.05 bits per heavy atom. The SMILES string of the molecule is CCN(CC)S(=O)(=O)c1cccc(-c2nnc(SCC(=O)Nc3ccc(C)c(F)c3)n2-c2cccc(OC)c2)c1. The average Bonchev–Trinajstić information content (AvgIpc) is 3.38. The minimum Gasteiger partial charge on any atom is -0.497 e. The maximum Gasteiger partial charge on any atom is 0.243 e. The molecule has 3 aromatic carbocycles. The van der Waals surface area contributed by atoms with E-state index in [2.05, 4.69) is 15.5 Å². The normalized spacial score (nSPS) is 11.6. The van der Waals surface area contributed by atoms with Crippen molar-refractivity contribution in [1.29, 1.82) is 0 Å². The van der Waals surface area contributed by atoms with Crippen LogP contribution in [0.3, 0.4) is 0 Å². The molecular weight excluding hydrogens is 553 g/mol. The number of amides is 1. The topological polar surface area (TPSA) is 106 Å². The van der Waals surface area contributed by atoms with Gasteiger partial charge in [0.15, 0.2) is 11.0 Å². The molecule has 4 rings (SSSR count). The third kappa shape index (κ3) is 6.35. The summed E-state index contributed by atoms with van der Waals surface area (Å²) in [5.74, 6) is 0.229. The van der Waals surface area contributed by atoms with Gasteiger partial charge in [0, 0.05) is 30.4 Å². The first kappa shape index (κ1) is 29.2. The number of carbonyl (C=O) groups is 1. The molecule has 0 aliphatic rings. The summed E-state index contributed by atoms with van der Waals surface area (Å²) in [7, 11) is -2.14. The molecule has 1 aromatic heterocycles. The predicted octanol–water partition coefficient (Wildman–Crippen LogP) is 5.15. The Hall–Kier alpha value is -3.74. The van der Waals surface area contributed by atoms with Crippen LogP contribution in [0.15, 0.2) is 76.8 Å². The summed E-state index contributed by atoms with van der Waals surface area (Å²) < 4.78 is 48.8. The summed E-state index contributed by atoms with van der Waals surface area (Å²) in [6.07, 6.45) is 0. The van der Waals surface area contributed by atoms with E-state index >= 15 is 0 Å². The van der Waals surface area contributed by atoms with E-state index in [1.54, 1.807) is 81.0 Å². The number of halogens is 1. The van der Waals surface area contributed by atoms with E-state index in [0.717, 1.165) is 11.8 Å². The fourth-order valence-electron chi connectivity index (χ4n) is 4.04. The minimum absolute atomic E-state index is 0.0199. The van der Waals surface area contributed by atoms with Crippen LogP contribution in [0.2, 0.25) is 0 Å². The van der Waals surface area contributed by atoms with E-state index in [4.69, 9.17) is 4.74 Å². The molecule has 4 aromatic rings. The van der Waals surface area contributed by atoms with Gasteiger partial charge in [-0.3, -0.25) is 9.36 Å². The lowest BCUT2D eigenvalue weighted by atomic mass is 10.2. The predicted molar refractivity (Wildman–Crippen MR) is 154 cm³/mol. The van der Waals surface area contributed by atoms with Gasteiger partial charge in [0.05, 0.1) is 23.4 Å². The van der Waals surface area contributed by atoms with E-state index in [1.165, 1.54) is 10.4 Å². The van der Waals surface area contributed by atoms with Crippen molar-refractivity contribution in [3.05, 3.63) is 78.1 Å². The second-order valence-electron chi connectivity index (χ2n) is 8.76. The Bertz CT molecular complexity index is 1620. The summed E-state index contributed by atoms with van der Waals surface area (Å²) in [6.45, 7) is 5.93. The monoisotopic (exact) mass is 583 g/mol. The molecular formula is C28H30FN5O4S2. The number of aryl methyl sites for hydroxylation is 1. The number of anilines is 1. The van der Waals surface area contributed by atoms with Crippen molar-refractivity contribution in [2.24, 2.45) is 0 Å². The van der Waals surface area contributed by atoms with Crippen LogP contribution in [0.1, 0.15) is 19.4 Å². The van der Waals surface area contributed by atoms with Crippen molar-refractivity contribution < 1.29 is 22.3 Å². The van der Waals surface area contributed by atoms with Crippen LogP contribution in [0.25, 0.3) is 17.1 Å². The number of nitrogens with one attached hydrogen (secondary N) is 1. The molecule has 12 heteroatoms. The first-order chi connectivity index (χ1) is 19.2. The molecule has 9 nitrogen and oxygen atoms in total. The third-order valence-electron chi connectivity index (χ3n) is 6.17. The molecule has 0 saturated heterocycles. The smallest absolute Gasteiger partial charge is 0.243 e. The Kier molecular flexibility index (Phi) is 9.23. The number of benzene rings is 3. The van der Waals surface area contributed by atoms with Crippen molar-refractivity contribution in [3.8, 4) is 22.8 Å². The Labute approximate surface area is 237 Å². The summed E-state index contributed by atoms with van der Waals surface area (Å²) in [5.41, 5.74) is 2.05. The van der Waals surface area contributed by atoms with Crippen LogP contribution < -0.4 is 10.1 Å². The molecule has 0 saturated carbocycles. The van der Waals surface area contributed by atoms with Gasteiger partial charge in [0.1, 0.15) is 11.6 Å². The van der Waals surface area contributed by atoms with E-state index in [-0.39, 0.29) is 16.6 Å². The Balaban J connectivity index is 1.69.